The highest BCUT2D eigenvalue weighted by molar-refractivity contribution is 9.10. The molecule has 0 saturated carbocycles. The molecule has 0 aliphatic carbocycles. The molecule has 1 atom stereocenters. The van der Waals surface area contributed by atoms with Crippen LogP contribution in [0, 0.1) is 13.8 Å². The molecule has 0 heterocycles. The summed E-state index contributed by atoms with van der Waals surface area (Å²) < 4.78 is 6.50. The maximum Gasteiger partial charge on any atom is 0.124 e. The molecule has 0 aliphatic rings. The van der Waals surface area contributed by atoms with Crippen molar-refractivity contribution >= 4 is 15.9 Å². The topological polar surface area (TPSA) is 47.3 Å². The van der Waals surface area contributed by atoms with Crippen molar-refractivity contribution in [2.75, 3.05) is 7.11 Å². The minimum absolute atomic E-state index is 0.109. The van der Waals surface area contributed by atoms with Gasteiger partial charge < -0.3 is 4.74 Å². The first kappa shape index (κ1) is 15.0. The number of hydrazine groups is 1. The minimum Gasteiger partial charge on any atom is -0.496 e. The molecular formula is C16H19BrN2O. The Morgan fingerprint density at radius 2 is 1.85 bits per heavy atom. The largest absolute Gasteiger partial charge is 0.496 e. The lowest BCUT2D eigenvalue weighted by Crippen LogP contribution is -2.29. The number of methoxy groups -OCH3 is 1. The molecule has 0 radical (unpaired) electrons. The highest BCUT2D eigenvalue weighted by Gasteiger charge is 2.19. The molecule has 0 spiro atoms. The van der Waals surface area contributed by atoms with Crippen molar-refractivity contribution in [1.82, 2.24) is 5.43 Å². The molecule has 0 amide bonds. The Balaban J connectivity index is 2.57. The Bertz CT molecular complexity index is 613. The highest BCUT2D eigenvalue weighted by Crippen LogP contribution is 2.33. The zero-order valence-corrected chi connectivity index (χ0v) is 13.5. The number of hydrogen-bond donors (Lipinski definition) is 2. The summed E-state index contributed by atoms with van der Waals surface area (Å²) in [7, 11) is 1.68. The van der Waals surface area contributed by atoms with Crippen molar-refractivity contribution < 1.29 is 4.74 Å². The summed E-state index contributed by atoms with van der Waals surface area (Å²) in [5.74, 6) is 6.64. The van der Waals surface area contributed by atoms with E-state index in [4.69, 9.17) is 10.6 Å². The van der Waals surface area contributed by atoms with E-state index < -0.39 is 0 Å². The summed E-state index contributed by atoms with van der Waals surface area (Å²) in [6.07, 6.45) is 0. The monoisotopic (exact) mass is 334 g/mol. The first-order valence-corrected chi connectivity index (χ1v) is 7.23. The predicted molar refractivity (Wildman–Crippen MR) is 85.8 cm³/mol. The summed E-state index contributed by atoms with van der Waals surface area (Å²) >= 11 is 3.52. The van der Waals surface area contributed by atoms with E-state index in [-0.39, 0.29) is 6.04 Å². The van der Waals surface area contributed by atoms with Gasteiger partial charge in [0.1, 0.15) is 5.75 Å². The Labute approximate surface area is 128 Å². The smallest absolute Gasteiger partial charge is 0.124 e. The zero-order valence-electron chi connectivity index (χ0n) is 11.9. The van der Waals surface area contributed by atoms with Crippen molar-refractivity contribution in [1.29, 1.82) is 0 Å². The third-order valence-corrected chi connectivity index (χ3v) is 3.91. The summed E-state index contributed by atoms with van der Waals surface area (Å²) in [6.45, 7) is 4.14. The van der Waals surface area contributed by atoms with Crippen molar-refractivity contribution in [3.63, 3.8) is 0 Å². The van der Waals surface area contributed by atoms with Crippen LogP contribution in [0.2, 0.25) is 0 Å². The van der Waals surface area contributed by atoms with Gasteiger partial charge in [-0.05, 0) is 43.2 Å². The van der Waals surface area contributed by atoms with Gasteiger partial charge in [0.15, 0.2) is 0 Å². The van der Waals surface area contributed by atoms with E-state index in [0.29, 0.717) is 0 Å². The quantitative estimate of drug-likeness (QED) is 0.663. The molecule has 3 nitrogen and oxygen atoms in total. The summed E-state index contributed by atoms with van der Waals surface area (Å²) in [6, 6.07) is 12.2. The van der Waals surface area contributed by atoms with Gasteiger partial charge in [-0.1, -0.05) is 39.7 Å². The van der Waals surface area contributed by atoms with Crippen molar-refractivity contribution in [3.8, 4) is 5.75 Å². The van der Waals surface area contributed by atoms with Crippen LogP contribution in [0.5, 0.6) is 5.75 Å². The third kappa shape index (κ3) is 3.03. The molecule has 20 heavy (non-hydrogen) atoms. The molecule has 2 rings (SSSR count). The van der Waals surface area contributed by atoms with Gasteiger partial charge in [0.05, 0.1) is 13.2 Å². The highest BCUT2D eigenvalue weighted by atomic mass is 79.9. The van der Waals surface area contributed by atoms with E-state index in [1.807, 2.05) is 18.2 Å². The molecule has 0 bridgehead atoms. The van der Waals surface area contributed by atoms with E-state index in [1.54, 1.807) is 7.11 Å². The van der Waals surface area contributed by atoms with Gasteiger partial charge in [0, 0.05) is 10.0 Å². The molecule has 0 aromatic heterocycles. The summed E-state index contributed by atoms with van der Waals surface area (Å²) in [5, 5.41) is 0. The maximum absolute atomic E-state index is 5.81. The molecule has 0 fully saturated rings. The van der Waals surface area contributed by atoms with Gasteiger partial charge >= 0.3 is 0 Å². The average Bonchev–Trinajstić information content (AvgIpc) is 2.44. The van der Waals surface area contributed by atoms with Gasteiger partial charge in [-0.3, -0.25) is 5.84 Å². The van der Waals surface area contributed by atoms with Crippen LogP contribution in [0.4, 0.5) is 0 Å². The second-order valence-electron chi connectivity index (χ2n) is 4.85. The Morgan fingerprint density at radius 3 is 2.50 bits per heavy atom. The lowest BCUT2D eigenvalue weighted by atomic mass is 9.94. The molecule has 0 saturated heterocycles. The van der Waals surface area contributed by atoms with Crippen LogP contribution in [0.15, 0.2) is 40.9 Å². The predicted octanol–water partition coefficient (Wildman–Crippen LogP) is 3.63. The van der Waals surface area contributed by atoms with Crippen LogP contribution in [0.25, 0.3) is 0 Å². The molecule has 3 N–H and O–H groups in total. The number of nitrogens with one attached hydrogen (secondary N) is 1. The van der Waals surface area contributed by atoms with Crippen molar-refractivity contribution in [2.24, 2.45) is 5.84 Å². The van der Waals surface area contributed by atoms with Crippen molar-refractivity contribution in [2.45, 2.75) is 19.9 Å². The normalized spacial score (nSPS) is 12.2. The van der Waals surface area contributed by atoms with E-state index in [1.165, 1.54) is 11.1 Å². The number of halogens is 1. The minimum atomic E-state index is -0.109. The fourth-order valence-electron chi connectivity index (χ4n) is 2.35. The lowest BCUT2D eigenvalue weighted by molar-refractivity contribution is 0.404. The van der Waals surface area contributed by atoms with Gasteiger partial charge in [-0.2, -0.15) is 0 Å². The number of aryl methyl sites for hydroxylation is 2. The van der Waals surface area contributed by atoms with E-state index in [9.17, 15) is 0 Å². The second kappa shape index (κ2) is 6.39. The van der Waals surface area contributed by atoms with Gasteiger partial charge in [-0.15, -0.1) is 0 Å². The fraction of sp³-hybridized carbons (Fsp3) is 0.250. The molecule has 2 aromatic rings. The first-order chi connectivity index (χ1) is 9.56. The molecular weight excluding hydrogens is 316 g/mol. The molecule has 1 unspecified atom stereocenters. The molecule has 0 aliphatic heterocycles. The van der Waals surface area contributed by atoms with Crippen molar-refractivity contribution in [3.05, 3.63) is 63.1 Å². The lowest BCUT2D eigenvalue weighted by Gasteiger charge is -2.22. The summed E-state index contributed by atoms with van der Waals surface area (Å²) in [4.78, 5) is 0. The zero-order chi connectivity index (χ0) is 14.7. The number of ether oxygens (including phenoxy) is 1. The van der Waals surface area contributed by atoms with Gasteiger partial charge in [-0.25, -0.2) is 5.43 Å². The Kier molecular flexibility index (Phi) is 4.81. The summed E-state index contributed by atoms with van der Waals surface area (Å²) in [5.41, 5.74) is 7.43. The van der Waals surface area contributed by atoms with Crippen LogP contribution in [-0.4, -0.2) is 7.11 Å². The SMILES string of the molecule is COc1ccc(C)cc1C(NN)c1cc(Br)ccc1C. The average molecular weight is 335 g/mol. The van der Waals surface area contributed by atoms with E-state index in [2.05, 4.69) is 53.4 Å². The van der Waals surface area contributed by atoms with Crippen LogP contribution >= 0.6 is 15.9 Å². The van der Waals surface area contributed by atoms with Crippen LogP contribution in [0.1, 0.15) is 28.3 Å². The Morgan fingerprint density at radius 1 is 1.10 bits per heavy atom. The van der Waals surface area contributed by atoms with Gasteiger partial charge in [0.2, 0.25) is 0 Å². The number of rotatable bonds is 4. The first-order valence-electron chi connectivity index (χ1n) is 6.43. The number of benzene rings is 2. The number of hydrogen-bond acceptors (Lipinski definition) is 3. The fourth-order valence-corrected chi connectivity index (χ4v) is 2.73. The maximum atomic E-state index is 5.81. The van der Waals surface area contributed by atoms with Crippen LogP contribution in [0.3, 0.4) is 0 Å². The van der Waals surface area contributed by atoms with E-state index >= 15 is 0 Å². The van der Waals surface area contributed by atoms with Crippen LogP contribution < -0.4 is 16.0 Å². The standard InChI is InChI=1S/C16H19BrN2O/c1-10-4-7-15(20-3)14(8-10)16(19-18)13-9-12(17)6-5-11(13)2/h4-9,16,19H,18H2,1-3H3. The molecule has 4 heteroatoms. The van der Waals surface area contributed by atoms with Gasteiger partial charge in [0.25, 0.3) is 0 Å². The third-order valence-electron chi connectivity index (χ3n) is 3.42. The molecule has 106 valence electrons. The second-order valence-corrected chi connectivity index (χ2v) is 5.76. The number of nitrogens with two attached hydrogens (primary N) is 1. The van der Waals surface area contributed by atoms with Crippen LogP contribution in [-0.2, 0) is 0 Å². The molecule has 2 aromatic carbocycles. The van der Waals surface area contributed by atoms with E-state index in [0.717, 1.165) is 21.3 Å². The Hall–Kier alpha value is -1.36.